The summed E-state index contributed by atoms with van der Waals surface area (Å²) in [5.41, 5.74) is 7.36. The average molecular weight is 549 g/mol. The van der Waals surface area contributed by atoms with Crippen molar-refractivity contribution >= 4 is 11.9 Å². The molecule has 2 aliphatic rings. The summed E-state index contributed by atoms with van der Waals surface area (Å²) >= 11 is 0. The van der Waals surface area contributed by atoms with E-state index in [0.717, 1.165) is 40.8 Å². The van der Waals surface area contributed by atoms with Crippen LogP contribution in [0.3, 0.4) is 0 Å². The van der Waals surface area contributed by atoms with Crippen LogP contribution < -0.4 is 10.6 Å². The van der Waals surface area contributed by atoms with Crippen molar-refractivity contribution in [2.45, 2.75) is 58.2 Å². The molecule has 210 valence electrons. The average Bonchev–Trinajstić information content (AvgIpc) is 3.59. The standard InChI is InChI=1S/C33H36N6O2/c1-33(2,3)37-32(41)38-17-14-27-26(23-10-7-11-25(18-23)39-35-15-16-36-39)13-12-24(30(27)21-38)20-34-31(40)29-19-28(29)22-8-5-4-6-9-22/h4-13,15-16,18,28-29H,14,17,19-21H2,1-3H3,(H,34,40)(H,37,41)/t28-,29?/m0/s1. The van der Waals surface area contributed by atoms with E-state index in [0.29, 0.717) is 25.6 Å². The van der Waals surface area contributed by atoms with Crippen molar-refractivity contribution in [1.29, 1.82) is 0 Å². The molecule has 3 aromatic carbocycles. The molecule has 1 saturated carbocycles. The molecule has 8 nitrogen and oxygen atoms in total. The van der Waals surface area contributed by atoms with Gasteiger partial charge >= 0.3 is 6.03 Å². The van der Waals surface area contributed by atoms with Crippen molar-refractivity contribution in [3.05, 3.63) is 101 Å². The van der Waals surface area contributed by atoms with Crippen molar-refractivity contribution < 1.29 is 9.59 Å². The van der Waals surface area contributed by atoms with Gasteiger partial charge in [0.2, 0.25) is 5.91 Å². The van der Waals surface area contributed by atoms with Gasteiger partial charge in [-0.15, -0.1) is 0 Å². The molecule has 2 atom stereocenters. The first kappa shape index (κ1) is 26.7. The fourth-order valence-corrected chi connectivity index (χ4v) is 5.76. The Morgan fingerprint density at radius 2 is 1.73 bits per heavy atom. The van der Waals surface area contributed by atoms with Gasteiger partial charge in [0, 0.05) is 31.1 Å². The molecule has 2 N–H and O–H groups in total. The number of carbonyl (C=O) groups excluding carboxylic acids is 2. The summed E-state index contributed by atoms with van der Waals surface area (Å²) in [7, 11) is 0. The summed E-state index contributed by atoms with van der Waals surface area (Å²) in [4.78, 5) is 29.7. The second-order valence-electron chi connectivity index (χ2n) is 12.0. The van der Waals surface area contributed by atoms with Gasteiger partial charge < -0.3 is 15.5 Å². The van der Waals surface area contributed by atoms with Gasteiger partial charge in [-0.25, -0.2) is 4.79 Å². The molecule has 0 saturated heterocycles. The third-order valence-corrected chi connectivity index (χ3v) is 7.89. The fourth-order valence-electron chi connectivity index (χ4n) is 5.76. The van der Waals surface area contributed by atoms with Crippen LogP contribution in [-0.2, 0) is 24.3 Å². The molecule has 0 bridgehead atoms. The van der Waals surface area contributed by atoms with Crippen LogP contribution in [0.2, 0.25) is 0 Å². The number of carbonyl (C=O) groups is 2. The molecular formula is C33H36N6O2. The molecule has 3 amide bonds. The topological polar surface area (TPSA) is 92.2 Å². The van der Waals surface area contributed by atoms with E-state index in [1.807, 2.05) is 56.0 Å². The minimum Gasteiger partial charge on any atom is -0.352 e. The van der Waals surface area contributed by atoms with Gasteiger partial charge in [-0.3, -0.25) is 4.79 Å². The normalized spacial score (nSPS) is 18.0. The van der Waals surface area contributed by atoms with Crippen molar-refractivity contribution in [3.8, 4) is 16.8 Å². The Kier molecular flexibility index (Phi) is 7.07. The van der Waals surface area contributed by atoms with Gasteiger partial charge in [-0.2, -0.15) is 15.0 Å². The van der Waals surface area contributed by atoms with Crippen LogP contribution in [0.1, 0.15) is 55.4 Å². The number of fused-ring (bicyclic) bond motifs is 1. The summed E-state index contributed by atoms with van der Waals surface area (Å²) in [6.07, 6.45) is 4.94. The zero-order valence-electron chi connectivity index (χ0n) is 23.8. The van der Waals surface area contributed by atoms with Gasteiger partial charge in [0.1, 0.15) is 0 Å². The predicted molar refractivity (Wildman–Crippen MR) is 158 cm³/mol. The SMILES string of the molecule is CC(C)(C)NC(=O)N1CCc2c(-c3cccc(-n4nccn4)c3)ccc(CNC(=O)C3C[C@H]3c3ccccc3)c2C1. The van der Waals surface area contributed by atoms with E-state index in [1.165, 1.54) is 11.1 Å². The maximum absolute atomic E-state index is 13.1. The predicted octanol–water partition coefficient (Wildman–Crippen LogP) is 5.22. The maximum Gasteiger partial charge on any atom is 0.318 e. The van der Waals surface area contributed by atoms with Crippen molar-refractivity contribution in [1.82, 2.24) is 30.5 Å². The smallest absolute Gasteiger partial charge is 0.318 e. The first-order valence-corrected chi connectivity index (χ1v) is 14.3. The summed E-state index contributed by atoms with van der Waals surface area (Å²) in [5.74, 6) is 0.398. The third kappa shape index (κ3) is 5.87. The number of benzene rings is 3. The van der Waals surface area contributed by atoms with Gasteiger partial charge in [0.25, 0.3) is 0 Å². The van der Waals surface area contributed by atoms with Crippen LogP contribution in [0.15, 0.2) is 79.1 Å². The van der Waals surface area contributed by atoms with E-state index in [1.54, 1.807) is 17.2 Å². The molecule has 0 spiro atoms. The van der Waals surface area contributed by atoms with Crippen LogP contribution in [0.4, 0.5) is 4.79 Å². The lowest BCUT2D eigenvalue weighted by molar-refractivity contribution is -0.122. The Morgan fingerprint density at radius 3 is 2.49 bits per heavy atom. The van der Waals surface area contributed by atoms with Gasteiger partial charge in [0.05, 0.1) is 18.1 Å². The zero-order chi connectivity index (χ0) is 28.6. The summed E-state index contributed by atoms with van der Waals surface area (Å²) in [6.45, 7) is 7.52. The second-order valence-corrected chi connectivity index (χ2v) is 12.0. The third-order valence-electron chi connectivity index (χ3n) is 7.89. The minimum absolute atomic E-state index is 0.0141. The first-order chi connectivity index (χ1) is 19.8. The highest BCUT2D eigenvalue weighted by Crippen LogP contribution is 2.47. The lowest BCUT2D eigenvalue weighted by atomic mass is 9.87. The molecule has 41 heavy (non-hydrogen) atoms. The molecule has 0 radical (unpaired) electrons. The van der Waals surface area contributed by atoms with Crippen molar-refractivity contribution in [3.63, 3.8) is 0 Å². The van der Waals surface area contributed by atoms with E-state index < -0.39 is 0 Å². The quantitative estimate of drug-likeness (QED) is 0.346. The number of hydrogen-bond acceptors (Lipinski definition) is 4. The van der Waals surface area contributed by atoms with Crippen LogP contribution in [0, 0.1) is 5.92 Å². The minimum atomic E-state index is -0.323. The van der Waals surface area contributed by atoms with E-state index in [9.17, 15) is 9.59 Å². The largest absolute Gasteiger partial charge is 0.352 e. The molecule has 1 aliphatic heterocycles. The highest BCUT2D eigenvalue weighted by molar-refractivity contribution is 5.83. The lowest BCUT2D eigenvalue weighted by Gasteiger charge is -2.34. The molecule has 4 aromatic rings. The van der Waals surface area contributed by atoms with Crippen LogP contribution in [0.25, 0.3) is 16.8 Å². The molecule has 1 fully saturated rings. The number of aromatic nitrogens is 3. The van der Waals surface area contributed by atoms with Crippen LogP contribution in [0.5, 0.6) is 0 Å². The Labute approximate surface area is 240 Å². The highest BCUT2D eigenvalue weighted by Gasteiger charge is 2.43. The number of amides is 3. The molecule has 1 aliphatic carbocycles. The van der Waals surface area contributed by atoms with Crippen LogP contribution in [-0.4, -0.2) is 43.9 Å². The zero-order valence-corrected chi connectivity index (χ0v) is 23.8. The number of nitrogens with one attached hydrogen (secondary N) is 2. The molecule has 2 heterocycles. The summed E-state index contributed by atoms with van der Waals surface area (Å²) in [6, 6.07) is 22.6. The van der Waals surface area contributed by atoms with Crippen molar-refractivity contribution in [2.24, 2.45) is 5.92 Å². The Bertz CT molecular complexity index is 1560. The molecule has 6 rings (SSSR count). The molecule has 1 aromatic heterocycles. The fraction of sp³-hybridized carbons (Fsp3) is 0.333. The maximum atomic E-state index is 13.1. The first-order valence-electron chi connectivity index (χ1n) is 14.3. The second kappa shape index (κ2) is 10.8. The summed E-state index contributed by atoms with van der Waals surface area (Å²) in [5, 5.41) is 14.9. The van der Waals surface area contributed by atoms with Crippen LogP contribution >= 0.6 is 0 Å². The number of nitrogens with zero attached hydrogens (tertiary/aromatic N) is 4. The lowest BCUT2D eigenvalue weighted by Crippen LogP contribution is -2.50. The molecule has 8 heteroatoms. The van der Waals surface area contributed by atoms with E-state index >= 15 is 0 Å². The van der Waals surface area contributed by atoms with Gasteiger partial charge in [-0.05, 0) is 85.0 Å². The Balaban J connectivity index is 1.27. The number of urea groups is 1. The van der Waals surface area contributed by atoms with Crippen molar-refractivity contribution in [2.75, 3.05) is 6.54 Å². The number of hydrogen-bond donors (Lipinski definition) is 2. The molecular weight excluding hydrogens is 512 g/mol. The highest BCUT2D eigenvalue weighted by atomic mass is 16.2. The van der Waals surface area contributed by atoms with Gasteiger partial charge in [-0.1, -0.05) is 54.6 Å². The Hall–Kier alpha value is -4.46. The number of rotatable bonds is 6. The van der Waals surface area contributed by atoms with Gasteiger partial charge in [0.15, 0.2) is 0 Å². The Morgan fingerprint density at radius 1 is 0.951 bits per heavy atom. The molecule has 1 unspecified atom stereocenters. The van der Waals surface area contributed by atoms with E-state index in [4.69, 9.17) is 0 Å². The summed E-state index contributed by atoms with van der Waals surface area (Å²) < 4.78 is 0. The van der Waals surface area contributed by atoms with E-state index in [2.05, 4.69) is 57.2 Å². The monoisotopic (exact) mass is 548 g/mol. The van der Waals surface area contributed by atoms with E-state index in [-0.39, 0.29) is 23.4 Å².